The number of ether oxygens (including phenoxy) is 4. The van der Waals surface area contributed by atoms with E-state index in [0.29, 0.717) is 0 Å². The molecule has 0 amide bonds. The molecule has 1 aromatic carbocycles. The van der Waals surface area contributed by atoms with Crippen molar-refractivity contribution in [3.05, 3.63) is 42.0 Å². The number of aliphatic hydroxyl groups is 7. The van der Waals surface area contributed by atoms with Gasteiger partial charge in [-0.05, 0) is 11.6 Å². The van der Waals surface area contributed by atoms with Crippen molar-refractivity contribution in [1.29, 1.82) is 0 Å². The van der Waals surface area contributed by atoms with Crippen LogP contribution in [-0.4, -0.2) is 116 Å². The molecule has 2 aliphatic rings. The van der Waals surface area contributed by atoms with E-state index in [4.69, 9.17) is 18.9 Å². The van der Waals surface area contributed by atoms with Crippen LogP contribution in [0.3, 0.4) is 0 Å². The molecule has 0 aliphatic carbocycles. The number of carbonyl (C=O) groups is 1. The first-order chi connectivity index (χ1) is 15.7. The molecule has 7 N–H and O–H groups in total. The second-order valence-electron chi connectivity index (χ2n) is 7.75. The molecule has 0 spiro atoms. The van der Waals surface area contributed by atoms with Gasteiger partial charge in [0.05, 0.1) is 6.61 Å². The minimum absolute atomic E-state index is 0.528. The quantitative estimate of drug-likeness (QED) is 0.149. The van der Waals surface area contributed by atoms with Crippen molar-refractivity contribution in [3.63, 3.8) is 0 Å². The third kappa shape index (κ3) is 5.58. The summed E-state index contributed by atoms with van der Waals surface area (Å²) < 4.78 is 21.1. The largest absolute Gasteiger partial charge is 0.460 e. The Labute approximate surface area is 188 Å². The van der Waals surface area contributed by atoms with Gasteiger partial charge in [0, 0.05) is 6.08 Å². The summed E-state index contributed by atoms with van der Waals surface area (Å²) in [5.41, 5.74) is 0.753. The summed E-state index contributed by atoms with van der Waals surface area (Å²) in [5, 5.41) is 69.8. The van der Waals surface area contributed by atoms with Gasteiger partial charge in [-0.3, -0.25) is 0 Å². The minimum Gasteiger partial charge on any atom is -0.460 e. The zero-order chi connectivity index (χ0) is 24.2. The molecule has 1 aromatic rings. The van der Waals surface area contributed by atoms with Gasteiger partial charge in [-0.2, -0.15) is 0 Å². The van der Waals surface area contributed by atoms with Crippen molar-refractivity contribution in [1.82, 2.24) is 0 Å². The van der Waals surface area contributed by atoms with Crippen molar-refractivity contribution in [3.8, 4) is 0 Å². The molecular formula is C21H28O12. The summed E-state index contributed by atoms with van der Waals surface area (Å²) in [6.07, 6.45) is -10.5. The van der Waals surface area contributed by atoms with Crippen molar-refractivity contribution in [2.75, 3.05) is 19.8 Å². The molecule has 12 nitrogen and oxygen atoms in total. The summed E-state index contributed by atoms with van der Waals surface area (Å²) in [6.45, 7) is -2.23. The Kier molecular flexibility index (Phi) is 8.53. The van der Waals surface area contributed by atoms with Gasteiger partial charge in [0.1, 0.15) is 55.9 Å². The van der Waals surface area contributed by atoms with Crippen molar-refractivity contribution >= 4 is 12.0 Å². The van der Waals surface area contributed by atoms with Crippen LogP contribution in [0.15, 0.2) is 36.4 Å². The number of hydrogen-bond acceptors (Lipinski definition) is 12. The fourth-order valence-electron chi connectivity index (χ4n) is 3.56. The molecule has 0 bridgehead atoms. The minimum atomic E-state index is -2.29. The number of esters is 1. The molecular weight excluding hydrogens is 444 g/mol. The fourth-order valence-corrected chi connectivity index (χ4v) is 3.56. The molecule has 9 atom stereocenters. The van der Waals surface area contributed by atoms with Crippen molar-refractivity contribution < 1.29 is 59.5 Å². The number of rotatable bonds is 8. The standard InChI is InChI=1S/C21H28O12/c22-8-12-16(26)19(29)21(10-23,32-12)33-20-18(28)17(27)15(25)13(31-20)9-30-14(24)7-6-11-4-2-1-3-5-11/h1-7,12-13,15-20,22-23,25-29H,8-10H2/b7-6+/t12-,13-,15-,16-,17+,18-,19+,20-,21+/m1/s1. The molecule has 0 aromatic heterocycles. The van der Waals surface area contributed by atoms with Crippen molar-refractivity contribution in [2.45, 2.75) is 54.8 Å². The van der Waals surface area contributed by atoms with Gasteiger partial charge in [-0.1, -0.05) is 30.3 Å². The number of carbonyl (C=O) groups excluding carboxylic acids is 1. The monoisotopic (exact) mass is 472 g/mol. The van der Waals surface area contributed by atoms with Gasteiger partial charge in [0.15, 0.2) is 6.29 Å². The number of hydrogen-bond donors (Lipinski definition) is 7. The summed E-state index contributed by atoms with van der Waals surface area (Å²) in [7, 11) is 0. The zero-order valence-corrected chi connectivity index (χ0v) is 17.5. The molecule has 2 saturated heterocycles. The Morgan fingerprint density at radius 2 is 1.67 bits per heavy atom. The third-order valence-corrected chi connectivity index (χ3v) is 5.49. The van der Waals surface area contributed by atoms with Crippen LogP contribution in [0.2, 0.25) is 0 Å². The molecule has 0 unspecified atom stereocenters. The molecule has 184 valence electrons. The smallest absolute Gasteiger partial charge is 0.330 e. The normalized spacial score (nSPS) is 39.1. The first-order valence-electron chi connectivity index (χ1n) is 10.3. The van der Waals surface area contributed by atoms with Gasteiger partial charge in [-0.15, -0.1) is 0 Å². The molecule has 3 rings (SSSR count). The molecule has 12 heteroatoms. The van der Waals surface area contributed by atoms with E-state index in [9.17, 15) is 40.5 Å². The Balaban J connectivity index is 1.64. The van der Waals surface area contributed by atoms with Crippen LogP contribution in [0, 0.1) is 0 Å². The van der Waals surface area contributed by atoms with E-state index < -0.39 is 80.6 Å². The van der Waals surface area contributed by atoms with Crippen LogP contribution in [0.25, 0.3) is 6.08 Å². The maximum atomic E-state index is 12.0. The lowest BCUT2D eigenvalue weighted by Gasteiger charge is -2.43. The highest BCUT2D eigenvalue weighted by atomic mass is 16.8. The average molecular weight is 472 g/mol. The molecule has 2 aliphatic heterocycles. The average Bonchev–Trinajstić information content (AvgIpc) is 3.07. The molecule has 2 fully saturated rings. The van der Waals surface area contributed by atoms with Crippen LogP contribution in [0.4, 0.5) is 0 Å². The fraction of sp³-hybridized carbons (Fsp3) is 0.571. The second-order valence-corrected chi connectivity index (χ2v) is 7.75. The summed E-state index contributed by atoms with van der Waals surface area (Å²) in [5.74, 6) is -3.05. The number of aliphatic hydroxyl groups excluding tert-OH is 7. The number of benzene rings is 1. The van der Waals surface area contributed by atoms with E-state index in [1.165, 1.54) is 6.08 Å². The van der Waals surface area contributed by atoms with E-state index in [2.05, 4.69) is 0 Å². The Morgan fingerprint density at radius 3 is 2.27 bits per heavy atom. The molecule has 0 saturated carbocycles. The predicted molar refractivity (Wildman–Crippen MR) is 108 cm³/mol. The van der Waals surface area contributed by atoms with E-state index >= 15 is 0 Å². The van der Waals surface area contributed by atoms with Crippen molar-refractivity contribution in [2.24, 2.45) is 0 Å². The summed E-state index contributed by atoms with van der Waals surface area (Å²) >= 11 is 0. The van der Waals surface area contributed by atoms with Crippen LogP contribution >= 0.6 is 0 Å². The summed E-state index contributed by atoms with van der Waals surface area (Å²) in [4.78, 5) is 12.0. The van der Waals surface area contributed by atoms with Gasteiger partial charge in [0.25, 0.3) is 0 Å². The topological polar surface area (TPSA) is 196 Å². The second kappa shape index (κ2) is 11.0. The lowest BCUT2D eigenvalue weighted by molar-refractivity contribution is -0.383. The Hall–Kier alpha value is -1.97. The molecule has 0 radical (unpaired) electrons. The van der Waals surface area contributed by atoms with Crippen LogP contribution in [0.1, 0.15) is 5.56 Å². The lowest BCUT2D eigenvalue weighted by Crippen LogP contribution is -2.62. The highest BCUT2D eigenvalue weighted by Crippen LogP contribution is 2.36. The maximum Gasteiger partial charge on any atom is 0.330 e. The van der Waals surface area contributed by atoms with E-state index in [-0.39, 0.29) is 0 Å². The first-order valence-corrected chi connectivity index (χ1v) is 10.3. The van der Waals surface area contributed by atoms with E-state index in [0.717, 1.165) is 11.6 Å². The van der Waals surface area contributed by atoms with Gasteiger partial charge < -0.3 is 54.7 Å². The van der Waals surface area contributed by atoms with Gasteiger partial charge in [-0.25, -0.2) is 4.79 Å². The Bertz CT molecular complexity index is 804. The van der Waals surface area contributed by atoms with Crippen LogP contribution in [0.5, 0.6) is 0 Å². The first kappa shape index (κ1) is 25.6. The summed E-state index contributed by atoms with van der Waals surface area (Å²) in [6, 6.07) is 8.93. The molecule has 2 heterocycles. The van der Waals surface area contributed by atoms with Gasteiger partial charge >= 0.3 is 5.97 Å². The van der Waals surface area contributed by atoms with E-state index in [1.807, 2.05) is 6.07 Å². The van der Waals surface area contributed by atoms with E-state index in [1.54, 1.807) is 24.3 Å². The third-order valence-electron chi connectivity index (χ3n) is 5.49. The highest BCUT2D eigenvalue weighted by Gasteiger charge is 2.58. The Morgan fingerprint density at radius 1 is 0.970 bits per heavy atom. The predicted octanol–water partition coefficient (Wildman–Crippen LogP) is -3.13. The SMILES string of the molecule is O=C(/C=C/c1ccccc1)OC[C@H]1O[C@H](O[C@]2(CO)O[C@H](CO)[C@@H](O)[C@@H]2O)[C@H](O)[C@@H](O)[C@@H]1O. The lowest BCUT2D eigenvalue weighted by atomic mass is 9.99. The molecule has 33 heavy (non-hydrogen) atoms. The van der Waals surface area contributed by atoms with Crippen LogP contribution < -0.4 is 0 Å². The van der Waals surface area contributed by atoms with Crippen LogP contribution in [-0.2, 0) is 23.7 Å². The maximum absolute atomic E-state index is 12.0. The van der Waals surface area contributed by atoms with Gasteiger partial charge in [0.2, 0.25) is 5.79 Å². The zero-order valence-electron chi connectivity index (χ0n) is 17.5. The highest BCUT2D eigenvalue weighted by molar-refractivity contribution is 5.87.